The standard InChI is InChI=1S/C25H24N4O3/c1-28-24-22(25(30)31)14-21(15-23(24)26-27-28)19-7-5-18(6-8-19)20-4-2-3-17(13-20)16-29-9-11-32-12-10-29/h2-8,13-15H,9-12,16H2,1H3,(H,30,31). The molecule has 1 saturated heterocycles. The first-order chi connectivity index (χ1) is 15.6. The molecule has 7 heteroatoms. The predicted octanol–water partition coefficient (Wildman–Crippen LogP) is 3.83. The van der Waals surface area contributed by atoms with Crippen LogP contribution < -0.4 is 0 Å². The largest absolute Gasteiger partial charge is 0.478 e. The van der Waals surface area contributed by atoms with E-state index in [2.05, 4.69) is 51.6 Å². The first-order valence-electron chi connectivity index (χ1n) is 10.6. The molecule has 1 aliphatic rings. The number of aromatic carboxylic acids is 1. The summed E-state index contributed by atoms with van der Waals surface area (Å²) in [5.41, 5.74) is 6.61. The summed E-state index contributed by atoms with van der Waals surface area (Å²) >= 11 is 0. The fraction of sp³-hybridized carbons (Fsp3) is 0.240. The van der Waals surface area contributed by atoms with Crippen molar-refractivity contribution in [3.05, 3.63) is 71.8 Å². The molecule has 0 bridgehead atoms. The Bertz CT molecular complexity index is 1270. The molecule has 32 heavy (non-hydrogen) atoms. The van der Waals surface area contributed by atoms with Gasteiger partial charge in [-0.2, -0.15) is 0 Å². The van der Waals surface area contributed by atoms with Crippen molar-refractivity contribution in [1.29, 1.82) is 0 Å². The lowest BCUT2D eigenvalue weighted by atomic mass is 9.97. The van der Waals surface area contributed by atoms with Gasteiger partial charge in [0, 0.05) is 26.7 Å². The van der Waals surface area contributed by atoms with Crippen LogP contribution in [0.1, 0.15) is 15.9 Å². The van der Waals surface area contributed by atoms with Gasteiger partial charge < -0.3 is 9.84 Å². The average Bonchev–Trinajstić information content (AvgIpc) is 3.20. The summed E-state index contributed by atoms with van der Waals surface area (Å²) in [6.07, 6.45) is 0. The first kappa shape index (κ1) is 20.4. The lowest BCUT2D eigenvalue weighted by Gasteiger charge is -2.26. The number of rotatable bonds is 5. The summed E-state index contributed by atoms with van der Waals surface area (Å²) in [5, 5.41) is 17.7. The van der Waals surface area contributed by atoms with Gasteiger partial charge >= 0.3 is 5.97 Å². The molecule has 7 nitrogen and oxygen atoms in total. The lowest BCUT2D eigenvalue weighted by Crippen LogP contribution is -2.35. The molecule has 1 N–H and O–H groups in total. The Kier molecular flexibility index (Phi) is 5.43. The van der Waals surface area contributed by atoms with Gasteiger partial charge in [-0.3, -0.25) is 4.90 Å². The number of ether oxygens (including phenoxy) is 1. The van der Waals surface area contributed by atoms with Crippen molar-refractivity contribution < 1.29 is 14.6 Å². The van der Waals surface area contributed by atoms with E-state index in [0.29, 0.717) is 11.0 Å². The van der Waals surface area contributed by atoms with Crippen LogP contribution in [0, 0.1) is 0 Å². The number of hydrogen-bond donors (Lipinski definition) is 1. The number of aryl methyl sites for hydroxylation is 1. The summed E-state index contributed by atoms with van der Waals surface area (Å²) < 4.78 is 6.94. The van der Waals surface area contributed by atoms with Crippen LogP contribution in [0.4, 0.5) is 0 Å². The molecule has 1 aromatic heterocycles. The quantitative estimate of drug-likeness (QED) is 0.520. The van der Waals surface area contributed by atoms with Crippen LogP contribution in [0.5, 0.6) is 0 Å². The molecule has 0 unspecified atom stereocenters. The first-order valence-corrected chi connectivity index (χ1v) is 10.6. The van der Waals surface area contributed by atoms with Gasteiger partial charge in [0.25, 0.3) is 0 Å². The van der Waals surface area contributed by atoms with E-state index in [1.54, 1.807) is 13.1 Å². The summed E-state index contributed by atoms with van der Waals surface area (Å²) in [6, 6.07) is 20.4. The Morgan fingerprint density at radius 2 is 1.69 bits per heavy atom. The monoisotopic (exact) mass is 428 g/mol. The number of carboxylic acid groups (broad SMARTS) is 1. The van der Waals surface area contributed by atoms with E-state index in [1.807, 2.05) is 18.2 Å². The summed E-state index contributed by atoms with van der Waals surface area (Å²) in [4.78, 5) is 14.2. The highest BCUT2D eigenvalue weighted by Gasteiger charge is 2.16. The minimum Gasteiger partial charge on any atom is -0.478 e. The van der Waals surface area contributed by atoms with Gasteiger partial charge in [0.2, 0.25) is 0 Å². The Labute approximate surface area is 185 Å². The van der Waals surface area contributed by atoms with E-state index in [4.69, 9.17) is 4.74 Å². The van der Waals surface area contributed by atoms with E-state index >= 15 is 0 Å². The Balaban J connectivity index is 1.42. The van der Waals surface area contributed by atoms with Crippen molar-refractivity contribution in [1.82, 2.24) is 19.9 Å². The highest BCUT2D eigenvalue weighted by Crippen LogP contribution is 2.29. The van der Waals surface area contributed by atoms with E-state index in [-0.39, 0.29) is 5.56 Å². The third-order valence-corrected chi connectivity index (χ3v) is 5.92. The third-order valence-electron chi connectivity index (χ3n) is 5.92. The van der Waals surface area contributed by atoms with Gasteiger partial charge in [-0.25, -0.2) is 9.48 Å². The van der Waals surface area contributed by atoms with Crippen molar-refractivity contribution in [3.8, 4) is 22.3 Å². The van der Waals surface area contributed by atoms with Crippen LogP contribution in [-0.2, 0) is 18.3 Å². The van der Waals surface area contributed by atoms with E-state index in [0.717, 1.165) is 55.1 Å². The fourth-order valence-corrected chi connectivity index (χ4v) is 4.25. The molecule has 5 rings (SSSR count). The highest BCUT2D eigenvalue weighted by atomic mass is 16.5. The smallest absolute Gasteiger partial charge is 0.337 e. The minimum absolute atomic E-state index is 0.199. The third kappa shape index (κ3) is 4.00. The van der Waals surface area contributed by atoms with Crippen molar-refractivity contribution in [2.75, 3.05) is 26.3 Å². The molecule has 0 saturated carbocycles. The Morgan fingerprint density at radius 1 is 0.969 bits per heavy atom. The maximum atomic E-state index is 11.8. The second-order valence-electron chi connectivity index (χ2n) is 8.08. The van der Waals surface area contributed by atoms with Gasteiger partial charge in [0.1, 0.15) is 11.0 Å². The van der Waals surface area contributed by atoms with Crippen LogP contribution in [0.3, 0.4) is 0 Å². The van der Waals surface area contributed by atoms with E-state index in [9.17, 15) is 9.90 Å². The molecule has 0 aliphatic carbocycles. The maximum Gasteiger partial charge on any atom is 0.337 e. The molecule has 0 spiro atoms. The lowest BCUT2D eigenvalue weighted by molar-refractivity contribution is 0.0342. The zero-order valence-electron chi connectivity index (χ0n) is 17.9. The highest BCUT2D eigenvalue weighted by molar-refractivity contribution is 6.03. The Hall–Kier alpha value is -3.55. The van der Waals surface area contributed by atoms with Crippen LogP contribution in [0.2, 0.25) is 0 Å². The number of morpholine rings is 1. The van der Waals surface area contributed by atoms with Crippen LogP contribution >= 0.6 is 0 Å². The number of carboxylic acids is 1. The summed E-state index contributed by atoms with van der Waals surface area (Å²) in [5.74, 6) is -0.990. The van der Waals surface area contributed by atoms with Gasteiger partial charge in [-0.15, -0.1) is 5.10 Å². The minimum atomic E-state index is -0.990. The average molecular weight is 428 g/mol. The number of carbonyl (C=O) groups is 1. The molecular formula is C25H24N4O3. The molecule has 3 aromatic carbocycles. The van der Waals surface area contributed by atoms with Crippen LogP contribution in [0.15, 0.2) is 60.7 Å². The zero-order valence-corrected chi connectivity index (χ0v) is 17.9. The summed E-state index contributed by atoms with van der Waals surface area (Å²) in [6.45, 7) is 4.45. The molecule has 1 aliphatic heterocycles. The second-order valence-corrected chi connectivity index (χ2v) is 8.08. The van der Waals surface area contributed by atoms with Crippen LogP contribution in [-0.4, -0.2) is 57.3 Å². The number of hydrogen-bond acceptors (Lipinski definition) is 5. The molecule has 0 amide bonds. The molecule has 162 valence electrons. The fourth-order valence-electron chi connectivity index (χ4n) is 4.25. The van der Waals surface area contributed by atoms with Crippen molar-refractivity contribution in [2.45, 2.75) is 6.54 Å². The zero-order chi connectivity index (χ0) is 22.1. The molecule has 1 fully saturated rings. The number of nitrogens with zero attached hydrogens (tertiary/aromatic N) is 4. The normalized spacial score (nSPS) is 14.7. The molecule has 4 aromatic rings. The van der Waals surface area contributed by atoms with Gasteiger partial charge in [0.15, 0.2) is 0 Å². The maximum absolute atomic E-state index is 11.8. The van der Waals surface area contributed by atoms with E-state index < -0.39 is 5.97 Å². The van der Waals surface area contributed by atoms with Crippen molar-refractivity contribution in [3.63, 3.8) is 0 Å². The number of fused-ring (bicyclic) bond motifs is 1. The Morgan fingerprint density at radius 3 is 2.41 bits per heavy atom. The molecule has 0 radical (unpaired) electrons. The van der Waals surface area contributed by atoms with Gasteiger partial charge in [-0.05, 0) is 46.0 Å². The summed E-state index contributed by atoms with van der Waals surface area (Å²) in [7, 11) is 1.70. The SMILES string of the molecule is Cn1nnc2cc(-c3ccc(-c4cccc(CN5CCOCC5)c4)cc3)cc(C(=O)O)c21. The number of aromatic nitrogens is 3. The second kappa shape index (κ2) is 8.53. The van der Waals surface area contributed by atoms with Crippen LogP contribution in [0.25, 0.3) is 33.3 Å². The predicted molar refractivity (Wildman–Crippen MR) is 122 cm³/mol. The van der Waals surface area contributed by atoms with Gasteiger partial charge in [-0.1, -0.05) is 47.7 Å². The topological polar surface area (TPSA) is 80.5 Å². The van der Waals surface area contributed by atoms with Gasteiger partial charge in [0.05, 0.1) is 18.8 Å². The molecule has 0 atom stereocenters. The molecule has 2 heterocycles. The van der Waals surface area contributed by atoms with Crippen molar-refractivity contribution in [2.24, 2.45) is 7.05 Å². The van der Waals surface area contributed by atoms with Crippen molar-refractivity contribution >= 4 is 17.0 Å². The number of benzene rings is 3. The molecular weight excluding hydrogens is 404 g/mol. The van der Waals surface area contributed by atoms with E-state index in [1.165, 1.54) is 10.2 Å².